The maximum Gasteiger partial charge on any atom is 0.338 e. The van der Waals surface area contributed by atoms with Crippen molar-refractivity contribution in [3.8, 4) is 0 Å². The van der Waals surface area contributed by atoms with E-state index in [1.54, 1.807) is 24.3 Å². The largest absolute Gasteiger partial charge is 0.457 e. The van der Waals surface area contributed by atoms with Crippen molar-refractivity contribution in [2.24, 2.45) is 5.73 Å². The number of anilines is 1. The number of nitrogens with one attached hydrogen (secondary N) is 1. The van der Waals surface area contributed by atoms with Gasteiger partial charge in [0.15, 0.2) is 0 Å². The Labute approximate surface area is 237 Å². The number of ether oxygens (including phenoxy) is 1. The van der Waals surface area contributed by atoms with Gasteiger partial charge in [-0.1, -0.05) is 48.0 Å². The van der Waals surface area contributed by atoms with E-state index in [1.165, 1.54) is 30.5 Å². The van der Waals surface area contributed by atoms with E-state index in [9.17, 15) is 9.59 Å². The zero-order valence-corrected chi connectivity index (χ0v) is 20.3. The molecule has 0 unspecified atom stereocenters. The average molecular weight is 537 g/mol. The second kappa shape index (κ2) is 13.0. The molecule has 1 aromatic heterocycles. The number of halogens is 2. The average Bonchev–Trinajstić information content (AvgIpc) is 2.95. The van der Waals surface area contributed by atoms with Crippen LogP contribution >= 0.6 is 24.8 Å². The lowest BCUT2D eigenvalue weighted by atomic mass is 9.97. The monoisotopic (exact) mass is 535 g/mol. The van der Waals surface area contributed by atoms with Crippen molar-refractivity contribution in [1.29, 1.82) is 0 Å². The summed E-state index contributed by atoms with van der Waals surface area (Å²) >= 11 is 0. The SMILES string of the molecule is Cl.Cl.[2H]c1nccc2cc(NC(=O)[C@]([2H])(CN)c3ccc(C([2H])([2H])OC(=O)c4ccc(C([2H])([2H])[2H])cc4C([2H])([2H])[2H])cc3)ccc12. The first-order valence-corrected chi connectivity index (χ1v) is 10.2. The van der Waals surface area contributed by atoms with Crippen LogP contribution in [0.2, 0.25) is 0 Å². The minimum atomic E-state index is -2.89. The van der Waals surface area contributed by atoms with Crippen molar-refractivity contribution in [3.63, 3.8) is 0 Å². The zero-order valence-electron chi connectivity index (χ0n) is 28.7. The highest BCUT2D eigenvalue weighted by atomic mass is 35.5. The van der Waals surface area contributed by atoms with Gasteiger partial charge >= 0.3 is 5.97 Å². The van der Waals surface area contributed by atoms with Gasteiger partial charge in [-0.05, 0) is 60.0 Å². The van der Waals surface area contributed by atoms with Gasteiger partial charge in [0, 0.05) is 39.6 Å². The Morgan fingerprint density at radius 3 is 2.61 bits per heavy atom. The van der Waals surface area contributed by atoms with Gasteiger partial charge in [-0.15, -0.1) is 24.8 Å². The van der Waals surface area contributed by atoms with Gasteiger partial charge in [0.25, 0.3) is 0 Å². The molecule has 0 saturated carbocycles. The Balaban J connectivity index is 0.00000368. The predicted molar refractivity (Wildman–Crippen MR) is 148 cm³/mol. The molecule has 0 aliphatic heterocycles. The summed E-state index contributed by atoms with van der Waals surface area (Å²) < 4.78 is 84.1. The summed E-state index contributed by atoms with van der Waals surface area (Å²) in [6.45, 7) is -8.74. The van der Waals surface area contributed by atoms with Gasteiger partial charge in [-0.3, -0.25) is 9.78 Å². The lowest BCUT2D eigenvalue weighted by Crippen LogP contribution is -2.27. The number of benzene rings is 3. The number of nitrogens with zero attached hydrogens (tertiary/aromatic N) is 1. The Kier molecular flexibility index (Phi) is 6.18. The molecule has 0 saturated heterocycles. The molecule has 0 radical (unpaired) electrons. The predicted octanol–water partition coefficient (Wildman–Crippen LogP) is 5.73. The summed E-state index contributed by atoms with van der Waals surface area (Å²) in [6.07, 6.45) is 1.54. The molecule has 3 aromatic carbocycles. The first-order chi connectivity index (χ1) is 20.4. The molecule has 4 rings (SSSR count). The number of aromatic nitrogens is 1. The van der Waals surface area contributed by atoms with E-state index >= 15 is 0 Å². The summed E-state index contributed by atoms with van der Waals surface area (Å²) in [5.74, 6) is -4.09. The topological polar surface area (TPSA) is 94.3 Å². The standard InChI is InChI=1S/C28H27N3O3.2ClH/c1-18-3-10-25(19(2)13-18)28(33)34-17-20-4-6-21(7-5-20)26(15-29)27(32)31-24-9-8-23-16-30-12-11-22(23)14-24;;/h3-14,16,26H,15,17,29H2,1-2H3,(H,31,32);2*1H/t26-;;/m1../s1/i1D3,2D3,16D,17D2,26D;;. The highest BCUT2D eigenvalue weighted by molar-refractivity contribution is 5.98. The third-order valence-corrected chi connectivity index (χ3v) is 5.04. The summed E-state index contributed by atoms with van der Waals surface area (Å²) in [5.41, 5.74) is 4.71. The number of fused-ring (bicyclic) bond motifs is 1. The summed E-state index contributed by atoms with van der Waals surface area (Å²) in [7, 11) is 0. The van der Waals surface area contributed by atoms with Crippen LogP contribution in [-0.2, 0) is 16.1 Å². The number of aryl methyl sites for hydroxylation is 2. The molecule has 3 N–H and O–H groups in total. The van der Waals surface area contributed by atoms with Crippen molar-refractivity contribution < 1.29 is 28.0 Å². The summed E-state index contributed by atoms with van der Waals surface area (Å²) in [6, 6.07) is 14.4. The van der Waals surface area contributed by atoms with Gasteiger partial charge in [0.1, 0.15) is 6.56 Å². The number of rotatable bonds is 7. The van der Waals surface area contributed by atoms with Gasteiger partial charge in [-0.25, -0.2) is 4.79 Å². The maximum atomic E-state index is 13.2. The number of esters is 1. The van der Waals surface area contributed by atoms with E-state index in [0.717, 1.165) is 18.2 Å². The van der Waals surface area contributed by atoms with Crippen LogP contribution in [0.3, 0.4) is 0 Å². The molecule has 4 aromatic rings. The first kappa shape index (κ1) is 17.1. The first-order valence-electron chi connectivity index (χ1n) is 15.2. The Bertz CT molecular complexity index is 1740. The normalized spacial score (nSPS) is 17.1. The number of nitrogens with two attached hydrogens (primary N) is 1. The molecule has 6 nitrogen and oxygen atoms in total. The van der Waals surface area contributed by atoms with Crippen LogP contribution in [0.4, 0.5) is 5.69 Å². The molecule has 0 bridgehead atoms. The van der Waals surface area contributed by atoms with E-state index in [0.29, 0.717) is 16.5 Å². The smallest absolute Gasteiger partial charge is 0.338 e. The highest BCUT2D eigenvalue weighted by Gasteiger charge is 2.19. The summed E-state index contributed by atoms with van der Waals surface area (Å²) in [4.78, 5) is 30.0. The Morgan fingerprint density at radius 2 is 1.89 bits per heavy atom. The van der Waals surface area contributed by atoms with Crippen LogP contribution in [0.5, 0.6) is 0 Å². The number of amides is 1. The van der Waals surface area contributed by atoms with Crippen LogP contribution in [0.15, 0.2) is 79.1 Å². The molecule has 0 spiro atoms. The highest BCUT2D eigenvalue weighted by Crippen LogP contribution is 2.22. The van der Waals surface area contributed by atoms with Crippen molar-refractivity contribution in [2.45, 2.75) is 26.2 Å². The fourth-order valence-corrected chi connectivity index (χ4v) is 3.27. The Morgan fingerprint density at radius 1 is 1.08 bits per heavy atom. The van der Waals surface area contributed by atoms with Crippen LogP contribution < -0.4 is 11.1 Å². The quantitative estimate of drug-likeness (QED) is 0.294. The fourth-order valence-electron chi connectivity index (χ4n) is 3.27. The van der Waals surface area contributed by atoms with Crippen molar-refractivity contribution >= 4 is 53.2 Å². The molecule has 0 aliphatic rings. The van der Waals surface area contributed by atoms with Crippen LogP contribution in [0, 0.1) is 13.7 Å². The summed E-state index contributed by atoms with van der Waals surface area (Å²) in [5, 5.41) is 3.89. The number of pyridine rings is 1. The third kappa shape index (κ3) is 6.82. The number of carbonyl (C=O) groups excluding carboxylic acids is 2. The van der Waals surface area contributed by atoms with E-state index in [2.05, 4.69) is 10.3 Å². The van der Waals surface area contributed by atoms with E-state index in [1.807, 2.05) is 0 Å². The number of hydrogen-bond acceptors (Lipinski definition) is 5. The minimum Gasteiger partial charge on any atom is -0.457 e. The molecule has 1 amide bonds. The molecular weight excluding hydrogens is 497 g/mol. The van der Waals surface area contributed by atoms with E-state index in [-0.39, 0.29) is 47.7 Å². The number of hydrogen-bond donors (Lipinski definition) is 2. The maximum absolute atomic E-state index is 13.2. The molecule has 1 atom stereocenters. The molecule has 36 heavy (non-hydrogen) atoms. The van der Waals surface area contributed by atoms with Crippen LogP contribution in [0.25, 0.3) is 10.8 Å². The van der Waals surface area contributed by atoms with Gasteiger partial charge in [0.05, 0.1) is 15.6 Å². The third-order valence-electron chi connectivity index (χ3n) is 5.04. The van der Waals surface area contributed by atoms with Gasteiger partial charge in [-0.2, -0.15) is 0 Å². The molecule has 0 fully saturated rings. The van der Waals surface area contributed by atoms with Crippen molar-refractivity contribution in [3.05, 3.63) is 107 Å². The molecule has 0 aliphatic carbocycles. The number of carbonyl (C=O) groups is 2. The molecule has 8 heteroatoms. The van der Waals surface area contributed by atoms with Crippen molar-refractivity contribution in [1.82, 2.24) is 4.98 Å². The van der Waals surface area contributed by atoms with Crippen LogP contribution in [-0.4, -0.2) is 23.4 Å². The second-order valence-electron chi connectivity index (χ2n) is 7.32. The zero-order chi connectivity index (χ0) is 32.7. The van der Waals surface area contributed by atoms with Crippen molar-refractivity contribution in [2.75, 3.05) is 11.9 Å². The molecular formula is C28H29Cl2N3O3. The fraction of sp³-hybridized carbons (Fsp3) is 0.179. The minimum absolute atomic E-state index is 0. The van der Waals surface area contributed by atoms with Gasteiger partial charge < -0.3 is 15.8 Å². The van der Waals surface area contributed by atoms with Crippen LogP contribution in [0.1, 0.15) is 52.2 Å². The van der Waals surface area contributed by atoms with E-state index < -0.39 is 55.7 Å². The Hall–Kier alpha value is -3.45. The van der Waals surface area contributed by atoms with Gasteiger partial charge in [0.2, 0.25) is 5.91 Å². The molecule has 1 heterocycles. The second-order valence-corrected chi connectivity index (χ2v) is 7.32. The van der Waals surface area contributed by atoms with E-state index in [4.69, 9.17) is 24.2 Å². The lowest BCUT2D eigenvalue weighted by molar-refractivity contribution is -0.117. The lowest BCUT2D eigenvalue weighted by Gasteiger charge is -2.16. The molecule has 188 valence electrons.